The van der Waals surface area contributed by atoms with Crippen molar-refractivity contribution in [3.8, 4) is 0 Å². The van der Waals surface area contributed by atoms with Crippen molar-refractivity contribution in [2.24, 2.45) is 0 Å². The van der Waals surface area contributed by atoms with Crippen molar-refractivity contribution in [3.05, 3.63) is 44.6 Å². The standard InChI is InChI=1S/C12H11BrN2O3S/c1-2-18-12(17)8-6-19-11(15-8)10(16)7-4-3-5-9(13)14-7/h3-6,10,16H,2H2,1H3. The molecule has 2 heterocycles. The van der Waals surface area contributed by atoms with E-state index >= 15 is 0 Å². The van der Waals surface area contributed by atoms with E-state index in [4.69, 9.17) is 4.74 Å². The van der Waals surface area contributed by atoms with E-state index in [1.165, 1.54) is 11.3 Å². The van der Waals surface area contributed by atoms with E-state index < -0.39 is 12.1 Å². The Balaban J connectivity index is 2.20. The van der Waals surface area contributed by atoms with Crippen LogP contribution in [0.3, 0.4) is 0 Å². The lowest BCUT2D eigenvalue weighted by Crippen LogP contribution is -2.07. The van der Waals surface area contributed by atoms with Crippen molar-refractivity contribution < 1.29 is 14.6 Å². The van der Waals surface area contributed by atoms with Crippen molar-refractivity contribution >= 4 is 33.2 Å². The Morgan fingerprint density at radius 2 is 2.32 bits per heavy atom. The average molecular weight is 343 g/mol. The van der Waals surface area contributed by atoms with E-state index in [2.05, 4.69) is 25.9 Å². The van der Waals surface area contributed by atoms with Crippen LogP contribution < -0.4 is 0 Å². The predicted molar refractivity (Wildman–Crippen MR) is 74.1 cm³/mol. The second kappa shape index (κ2) is 6.23. The summed E-state index contributed by atoms with van der Waals surface area (Å²) in [5.41, 5.74) is 0.676. The van der Waals surface area contributed by atoms with E-state index in [1.807, 2.05) is 0 Å². The molecule has 2 rings (SSSR count). The van der Waals surface area contributed by atoms with Crippen molar-refractivity contribution in [2.45, 2.75) is 13.0 Å². The molecular formula is C12H11BrN2O3S. The molecule has 0 fully saturated rings. The minimum atomic E-state index is -0.953. The van der Waals surface area contributed by atoms with E-state index in [9.17, 15) is 9.90 Å². The lowest BCUT2D eigenvalue weighted by molar-refractivity contribution is 0.0520. The largest absolute Gasteiger partial charge is 0.461 e. The highest BCUT2D eigenvalue weighted by molar-refractivity contribution is 9.10. The summed E-state index contributed by atoms with van der Waals surface area (Å²) in [5, 5.41) is 12.1. The minimum absolute atomic E-state index is 0.205. The third-order valence-electron chi connectivity index (χ3n) is 2.26. The van der Waals surface area contributed by atoms with Gasteiger partial charge in [-0.15, -0.1) is 11.3 Å². The number of nitrogens with zero attached hydrogens (tertiary/aromatic N) is 2. The van der Waals surface area contributed by atoms with Gasteiger partial charge < -0.3 is 9.84 Å². The van der Waals surface area contributed by atoms with Crippen LogP contribution in [0.1, 0.15) is 34.2 Å². The molecule has 0 saturated heterocycles. The Hall–Kier alpha value is -1.31. The Labute approximate surface area is 122 Å². The van der Waals surface area contributed by atoms with Gasteiger partial charge in [0.2, 0.25) is 0 Å². The molecule has 2 aromatic heterocycles. The second-order valence-electron chi connectivity index (χ2n) is 3.58. The summed E-state index contributed by atoms with van der Waals surface area (Å²) < 4.78 is 5.48. The number of carbonyl (C=O) groups excluding carboxylic acids is 1. The molecule has 100 valence electrons. The number of halogens is 1. The molecule has 0 aromatic carbocycles. The van der Waals surface area contributed by atoms with E-state index in [1.54, 1.807) is 30.5 Å². The molecule has 2 aromatic rings. The van der Waals surface area contributed by atoms with Gasteiger partial charge in [0, 0.05) is 5.38 Å². The number of hydrogen-bond donors (Lipinski definition) is 1. The fourth-order valence-corrected chi connectivity index (χ4v) is 2.55. The summed E-state index contributed by atoms with van der Waals surface area (Å²) in [6.45, 7) is 2.02. The molecule has 7 heteroatoms. The highest BCUT2D eigenvalue weighted by Crippen LogP contribution is 2.24. The van der Waals surface area contributed by atoms with Crippen LogP contribution in [0.5, 0.6) is 0 Å². The lowest BCUT2D eigenvalue weighted by Gasteiger charge is -2.06. The van der Waals surface area contributed by atoms with E-state index in [0.717, 1.165) is 0 Å². The summed E-state index contributed by atoms with van der Waals surface area (Å²) in [4.78, 5) is 19.7. The number of thiazole rings is 1. The molecule has 0 saturated carbocycles. The number of ether oxygens (including phenoxy) is 1. The maximum atomic E-state index is 11.5. The summed E-state index contributed by atoms with van der Waals surface area (Å²) in [6.07, 6.45) is -0.953. The van der Waals surface area contributed by atoms with Crippen LogP contribution in [0.2, 0.25) is 0 Å². The molecule has 0 aliphatic rings. The smallest absolute Gasteiger partial charge is 0.357 e. The number of rotatable bonds is 4. The van der Waals surface area contributed by atoms with Crippen LogP contribution >= 0.6 is 27.3 Å². The molecule has 0 spiro atoms. The number of esters is 1. The van der Waals surface area contributed by atoms with Crippen LogP contribution in [0.15, 0.2) is 28.2 Å². The first-order valence-electron chi connectivity index (χ1n) is 5.55. The molecule has 0 amide bonds. The molecule has 1 atom stereocenters. The zero-order valence-corrected chi connectivity index (χ0v) is 12.4. The lowest BCUT2D eigenvalue weighted by atomic mass is 10.2. The van der Waals surface area contributed by atoms with Crippen molar-refractivity contribution in [3.63, 3.8) is 0 Å². The number of aliphatic hydroxyl groups excluding tert-OH is 1. The van der Waals surface area contributed by atoms with Gasteiger partial charge in [-0.2, -0.15) is 0 Å². The normalized spacial score (nSPS) is 12.2. The van der Waals surface area contributed by atoms with Crippen LogP contribution in [0.25, 0.3) is 0 Å². The Morgan fingerprint density at radius 1 is 1.53 bits per heavy atom. The quantitative estimate of drug-likeness (QED) is 0.682. The number of carbonyl (C=O) groups is 1. The molecule has 1 unspecified atom stereocenters. The van der Waals surface area contributed by atoms with E-state index in [0.29, 0.717) is 21.9 Å². The third-order valence-corrected chi connectivity index (χ3v) is 3.60. The van der Waals surface area contributed by atoms with Crippen LogP contribution in [0.4, 0.5) is 0 Å². The predicted octanol–water partition coefficient (Wildman–Crippen LogP) is 2.56. The van der Waals surface area contributed by atoms with Gasteiger partial charge in [-0.3, -0.25) is 0 Å². The van der Waals surface area contributed by atoms with Gasteiger partial charge in [0.25, 0.3) is 0 Å². The van der Waals surface area contributed by atoms with Crippen LogP contribution in [-0.2, 0) is 4.74 Å². The van der Waals surface area contributed by atoms with Gasteiger partial charge in [-0.25, -0.2) is 14.8 Å². The molecular weight excluding hydrogens is 332 g/mol. The fourth-order valence-electron chi connectivity index (χ4n) is 1.41. The molecule has 5 nitrogen and oxygen atoms in total. The fraction of sp³-hybridized carbons (Fsp3) is 0.250. The molecule has 0 aliphatic carbocycles. The van der Waals surface area contributed by atoms with Crippen molar-refractivity contribution in [1.82, 2.24) is 9.97 Å². The van der Waals surface area contributed by atoms with Gasteiger partial charge >= 0.3 is 5.97 Å². The second-order valence-corrected chi connectivity index (χ2v) is 5.28. The molecule has 1 N–H and O–H groups in total. The topological polar surface area (TPSA) is 72.3 Å². The molecule has 0 bridgehead atoms. The average Bonchev–Trinajstić information content (AvgIpc) is 2.88. The van der Waals surface area contributed by atoms with E-state index in [-0.39, 0.29) is 5.69 Å². The summed E-state index contributed by atoms with van der Waals surface area (Å²) in [7, 11) is 0. The van der Waals surface area contributed by atoms with Gasteiger partial charge in [-0.1, -0.05) is 6.07 Å². The molecule has 19 heavy (non-hydrogen) atoms. The van der Waals surface area contributed by atoms with Gasteiger partial charge in [0.05, 0.1) is 12.3 Å². The summed E-state index contributed by atoms with van der Waals surface area (Å²) >= 11 is 4.43. The number of aliphatic hydroxyl groups is 1. The number of hydrogen-bond acceptors (Lipinski definition) is 6. The van der Waals surface area contributed by atoms with Crippen LogP contribution in [-0.4, -0.2) is 27.7 Å². The molecule has 0 aliphatic heterocycles. The highest BCUT2D eigenvalue weighted by Gasteiger charge is 2.19. The van der Waals surface area contributed by atoms with Crippen molar-refractivity contribution in [1.29, 1.82) is 0 Å². The number of pyridine rings is 1. The Kier molecular flexibility index (Phi) is 4.62. The third kappa shape index (κ3) is 3.37. The first-order valence-corrected chi connectivity index (χ1v) is 7.22. The van der Waals surface area contributed by atoms with Gasteiger partial charge in [-0.05, 0) is 35.0 Å². The molecule has 0 radical (unpaired) electrons. The monoisotopic (exact) mass is 342 g/mol. The Morgan fingerprint density at radius 3 is 3.00 bits per heavy atom. The highest BCUT2D eigenvalue weighted by atomic mass is 79.9. The first kappa shape index (κ1) is 14.1. The zero-order chi connectivity index (χ0) is 13.8. The maximum absolute atomic E-state index is 11.5. The first-order chi connectivity index (χ1) is 9.11. The van der Waals surface area contributed by atoms with Crippen molar-refractivity contribution in [2.75, 3.05) is 6.61 Å². The maximum Gasteiger partial charge on any atom is 0.357 e. The SMILES string of the molecule is CCOC(=O)c1csc(C(O)c2cccc(Br)n2)n1. The minimum Gasteiger partial charge on any atom is -0.461 e. The van der Waals surface area contributed by atoms with Gasteiger partial charge in [0.15, 0.2) is 5.69 Å². The number of aromatic nitrogens is 2. The summed E-state index contributed by atoms with van der Waals surface area (Å²) in [5.74, 6) is -0.487. The Bertz CT molecular complexity index is 588. The van der Waals surface area contributed by atoms with Gasteiger partial charge in [0.1, 0.15) is 15.7 Å². The van der Waals surface area contributed by atoms with Crippen LogP contribution in [0, 0.1) is 0 Å². The summed E-state index contributed by atoms with van der Waals surface area (Å²) in [6, 6.07) is 5.23. The zero-order valence-electron chi connectivity index (χ0n) is 10.0.